The molecule has 0 bridgehead atoms. The number of rotatable bonds is 6. The number of nitrogens with one attached hydrogen (secondary N) is 1. The molecule has 0 unspecified atom stereocenters. The molecule has 0 saturated heterocycles. The van der Waals surface area contributed by atoms with Crippen molar-refractivity contribution in [2.24, 2.45) is 0 Å². The van der Waals surface area contributed by atoms with Gasteiger partial charge in [-0.25, -0.2) is 17.5 Å². The Labute approximate surface area is 105 Å². The van der Waals surface area contributed by atoms with Crippen molar-refractivity contribution in [3.63, 3.8) is 0 Å². The van der Waals surface area contributed by atoms with Crippen LogP contribution in [0.2, 0.25) is 0 Å². The van der Waals surface area contributed by atoms with E-state index in [4.69, 9.17) is 5.11 Å². The standard InChI is InChI=1S/C11H14FNO4S/c1-2-10(11(14)15)13-18(16,17)7-8-3-5-9(12)6-4-8/h3-6,10,13H,2,7H2,1H3,(H,14,15)/t10-/m1/s1. The van der Waals surface area contributed by atoms with Gasteiger partial charge < -0.3 is 5.11 Å². The smallest absolute Gasteiger partial charge is 0.321 e. The Bertz CT molecular complexity index is 512. The van der Waals surface area contributed by atoms with Crippen molar-refractivity contribution in [1.82, 2.24) is 4.72 Å². The van der Waals surface area contributed by atoms with Crippen LogP contribution in [-0.4, -0.2) is 25.5 Å². The van der Waals surface area contributed by atoms with E-state index in [1.807, 2.05) is 0 Å². The van der Waals surface area contributed by atoms with E-state index >= 15 is 0 Å². The van der Waals surface area contributed by atoms with Gasteiger partial charge in [-0.3, -0.25) is 4.79 Å². The molecule has 1 aromatic rings. The minimum atomic E-state index is -3.76. The molecule has 5 nitrogen and oxygen atoms in total. The molecule has 0 spiro atoms. The van der Waals surface area contributed by atoms with Crippen LogP contribution in [0.1, 0.15) is 18.9 Å². The fraction of sp³-hybridized carbons (Fsp3) is 0.364. The highest BCUT2D eigenvalue weighted by atomic mass is 32.2. The number of halogens is 1. The Morgan fingerprint density at radius 3 is 2.39 bits per heavy atom. The third-order valence-corrected chi connectivity index (χ3v) is 3.66. The maximum Gasteiger partial charge on any atom is 0.321 e. The normalized spacial score (nSPS) is 13.2. The Kier molecular flexibility index (Phi) is 4.80. The van der Waals surface area contributed by atoms with Crippen LogP contribution in [0.3, 0.4) is 0 Å². The van der Waals surface area contributed by atoms with Gasteiger partial charge in [0.1, 0.15) is 11.9 Å². The van der Waals surface area contributed by atoms with Gasteiger partial charge in [0.25, 0.3) is 0 Å². The molecule has 100 valence electrons. The van der Waals surface area contributed by atoms with Gasteiger partial charge in [-0.2, -0.15) is 0 Å². The van der Waals surface area contributed by atoms with Gasteiger partial charge >= 0.3 is 5.97 Å². The first-order chi connectivity index (χ1) is 8.34. The summed E-state index contributed by atoms with van der Waals surface area (Å²) in [7, 11) is -3.76. The molecule has 1 rings (SSSR count). The monoisotopic (exact) mass is 275 g/mol. The van der Waals surface area contributed by atoms with Crippen molar-refractivity contribution in [1.29, 1.82) is 0 Å². The van der Waals surface area contributed by atoms with E-state index in [1.54, 1.807) is 6.92 Å². The van der Waals surface area contributed by atoms with Gasteiger partial charge in [-0.15, -0.1) is 0 Å². The molecular formula is C11H14FNO4S. The summed E-state index contributed by atoms with van der Waals surface area (Å²) < 4.78 is 38.1. The Hall–Kier alpha value is -1.47. The van der Waals surface area contributed by atoms with Crippen molar-refractivity contribution in [2.45, 2.75) is 25.1 Å². The predicted octanol–water partition coefficient (Wildman–Crippen LogP) is 1.11. The summed E-state index contributed by atoms with van der Waals surface area (Å²) in [6.45, 7) is 1.57. The van der Waals surface area contributed by atoms with E-state index in [9.17, 15) is 17.6 Å². The SMILES string of the molecule is CC[C@@H](NS(=O)(=O)Cc1ccc(F)cc1)C(=O)O. The van der Waals surface area contributed by atoms with E-state index in [2.05, 4.69) is 4.72 Å². The molecule has 0 radical (unpaired) electrons. The maximum atomic E-state index is 12.6. The molecule has 1 atom stereocenters. The van der Waals surface area contributed by atoms with Crippen molar-refractivity contribution in [3.05, 3.63) is 35.6 Å². The molecule has 7 heteroatoms. The summed E-state index contributed by atoms with van der Waals surface area (Å²) in [5, 5.41) is 8.76. The second-order valence-corrected chi connectivity index (χ2v) is 5.56. The molecule has 0 aliphatic heterocycles. The summed E-state index contributed by atoms with van der Waals surface area (Å²) in [5.74, 6) is -2.06. The Morgan fingerprint density at radius 1 is 1.39 bits per heavy atom. The first-order valence-corrected chi connectivity index (χ1v) is 6.96. The zero-order chi connectivity index (χ0) is 13.8. The van der Waals surface area contributed by atoms with Crippen LogP contribution < -0.4 is 4.72 Å². The highest BCUT2D eigenvalue weighted by Gasteiger charge is 2.22. The third-order valence-electron chi connectivity index (χ3n) is 2.30. The van der Waals surface area contributed by atoms with E-state index < -0.39 is 27.9 Å². The highest BCUT2D eigenvalue weighted by molar-refractivity contribution is 7.88. The van der Waals surface area contributed by atoms with Crippen molar-refractivity contribution in [3.8, 4) is 0 Å². The average molecular weight is 275 g/mol. The molecule has 0 aliphatic rings. The quantitative estimate of drug-likeness (QED) is 0.814. The zero-order valence-corrected chi connectivity index (χ0v) is 10.6. The third kappa shape index (κ3) is 4.42. The fourth-order valence-corrected chi connectivity index (χ4v) is 2.78. The summed E-state index contributed by atoms with van der Waals surface area (Å²) in [6.07, 6.45) is 0.151. The first kappa shape index (κ1) is 14.6. The minimum Gasteiger partial charge on any atom is -0.480 e. The molecule has 0 saturated carbocycles. The number of aliphatic carboxylic acids is 1. The average Bonchev–Trinajstić information content (AvgIpc) is 2.28. The zero-order valence-electron chi connectivity index (χ0n) is 9.76. The first-order valence-electron chi connectivity index (χ1n) is 5.31. The number of sulfonamides is 1. The number of hydrogen-bond donors (Lipinski definition) is 2. The van der Waals surface area contributed by atoms with Crippen LogP contribution in [-0.2, 0) is 20.6 Å². The second kappa shape index (κ2) is 5.92. The van der Waals surface area contributed by atoms with Gasteiger partial charge in [0.05, 0.1) is 5.75 Å². The molecule has 0 aliphatic carbocycles. The van der Waals surface area contributed by atoms with Crippen LogP contribution in [0, 0.1) is 5.82 Å². The molecule has 18 heavy (non-hydrogen) atoms. The van der Waals surface area contributed by atoms with E-state index in [0.717, 1.165) is 12.1 Å². The van der Waals surface area contributed by atoms with Crippen LogP contribution >= 0.6 is 0 Å². The van der Waals surface area contributed by atoms with Gasteiger partial charge in [0, 0.05) is 0 Å². The summed E-state index contributed by atoms with van der Waals surface area (Å²) in [6, 6.07) is 3.85. The van der Waals surface area contributed by atoms with E-state index in [1.165, 1.54) is 12.1 Å². The van der Waals surface area contributed by atoms with Crippen LogP contribution in [0.15, 0.2) is 24.3 Å². The van der Waals surface area contributed by atoms with Gasteiger partial charge in [0.2, 0.25) is 10.0 Å². The lowest BCUT2D eigenvalue weighted by molar-refractivity contribution is -0.139. The number of carboxylic acids is 1. The number of carboxylic acid groups (broad SMARTS) is 1. The molecule has 0 amide bonds. The fourth-order valence-electron chi connectivity index (χ4n) is 1.37. The van der Waals surface area contributed by atoms with Gasteiger partial charge in [-0.05, 0) is 24.1 Å². The topological polar surface area (TPSA) is 83.5 Å². The molecule has 0 aromatic heterocycles. The summed E-state index contributed by atoms with van der Waals surface area (Å²) in [4.78, 5) is 10.7. The predicted molar refractivity (Wildman–Crippen MR) is 63.9 cm³/mol. The van der Waals surface area contributed by atoms with E-state index in [-0.39, 0.29) is 12.2 Å². The van der Waals surface area contributed by atoms with Crippen LogP contribution in [0.5, 0.6) is 0 Å². The summed E-state index contributed by atoms with van der Waals surface area (Å²) >= 11 is 0. The Morgan fingerprint density at radius 2 is 1.94 bits per heavy atom. The molecule has 0 fully saturated rings. The lowest BCUT2D eigenvalue weighted by Crippen LogP contribution is -2.40. The molecule has 2 N–H and O–H groups in total. The van der Waals surface area contributed by atoms with Crippen molar-refractivity contribution >= 4 is 16.0 Å². The molecule has 1 aromatic carbocycles. The largest absolute Gasteiger partial charge is 0.480 e. The van der Waals surface area contributed by atoms with Gasteiger partial charge in [-0.1, -0.05) is 19.1 Å². The minimum absolute atomic E-state index is 0.151. The van der Waals surface area contributed by atoms with Gasteiger partial charge in [0.15, 0.2) is 0 Å². The van der Waals surface area contributed by atoms with Crippen molar-refractivity contribution in [2.75, 3.05) is 0 Å². The van der Waals surface area contributed by atoms with Crippen LogP contribution in [0.4, 0.5) is 4.39 Å². The molecular weight excluding hydrogens is 261 g/mol. The Balaban J connectivity index is 2.76. The van der Waals surface area contributed by atoms with Crippen LogP contribution in [0.25, 0.3) is 0 Å². The number of benzene rings is 1. The lowest BCUT2D eigenvalue weighted by Gasteiger charge is -2.12. The second-order valence-electron chi connectivity index (χ2n) is 3.80. The van der Waals surface area contributed by atoms with E-state index in [0.29, 0.717) is 5.56 Å². The molecule has 0 heterocycles. The maximum absolute atomic E-state index is 12.6. The summed E-state index contributed by atoms with van der Waals surface area (Å²) in [5.41, 5.74) is 0.393. The van der Waals surface area contributed by atoms with Crippen molar-refractivity contribution < 1.29 is 22.7 Å². The number of carbonyl (C=O) groups is 1. The lowest BCUT2D eigenvalue weighted by atomic mass is 10.2. The highest BCUT2D eigenvalue weighted by Crippen LogP contribution is 2.07. The number of hydrogen-bond acceptors (Lipinski definition) is 3.